The molecule has 4 atom stereocenters. The smallest absolute Gasteiger partial charge is 0.343 e. The molecule has 0 bridgehead atoms. The number of ether oxygens (including phenoxy) is 2. The third kappa shape index (κ3) is 7.53. The maximum absolute atomic E-state index is 15.1. The number of aliphatic hydroxyl groups is 4. The minimum atomic E-state index is -1.96. The number of hydrogen-bond acceptors (Lipinski definition) is 14. The van der Waals surface area contributed by atoms with E-state index in [1.165, 1.54) is 17.7 Å². The first-order chi connectivity index (χ1) is 37.4. The highest BCUT2D eigenvalue weighted by Gasteiger charge is 2.52. The summed E-state index contributed by atoms with van der Waals surface area (Å²) in [6.45, 7) is 9.20. The topological polar surface area (TPSA) is 261 Å². The first-order valence-electron chi connectivity index (χ1n) is 27.0. The molecule has 14 rings (SSSR count). The monoisotopic (exact) mass is 1080 g/mol. The number of rotatable bonds is 6. The van der Waals surface area contributed by atoms with Crippen LogP contribution in [0.1, 0.15) is 157 Å². The molecule has 20 heteroatoms. The number of benzene rings is 2. The zero-order valence-corrected chi connectivity index (χ0v) is 44.6. The molecule has 412 valence electrons. The van der Waals surface area contributed by atoms with Gasteiger partial charge in [-0.15, -0.1) is 0 Å². The van der Waals surface area contributed by atoms with Crippen LogP contribution in [0.2, 0.25) is 0 Å². The van der Waals surface area contributed by atoms with Crippen LogP contribution in [0.25, 0.3) is 44.6 Å². The Balaban J connectivity index is 0.000000142. The molecule has 8 heterocycles. The summed E-state index contributed by atoms with van der Waals surface area (Å²) in [7, 11) is 1.68. The van der Waals surface area contributed by atoms with Crippen molar-refractivity contribution in [2.24, 2.45) is 0 Å². The number of halogens is 2. The molecule has 5 N–H and O–H groups in total. The van der Waals surface area contributed by atoms with Crippen molar-refractivity contribution in [1.82, 2.24) is 24.0 Å². The molecular formula is C59H59F2N5O13. The molecule has 2 aromatic carbocycles. The molecule has 4 aliphatic heterocycles. The van der Waals surface area contributed by atoms with Crippen molar-refractivity contribution in [3.63, 3.8) is 0 Å². The minimum absolute atomic E-state index is 0.0245. The SMILES string of the molecule is CC[C@@]1(O)C(=O)OCc2c1cc1n(c2=O)Cc2c-1nc1cc(F)c(C)c3c1c2[C@@H](N(C)C(=O)C1(O)CC1)CC3.CC[C@H]1CCc2c(C)c(F)cc3nc4c(c1c23)Cn1c-4cc2c(c1=O)COC(=O)[C@]2(O)CC.O=C(O)C1(O)CC1. The van der Waals surface area contributed by atoms with Gasteiger partial charge < -0.3 is 49.0 Å². The number of carboxylic acid groups (broad SMARTS) is 1. The minimum Gasteiger partial charge on any atom is -0.479 e. The second-order valence-corrected chi connectivity index (χ2v) is 22.6. The maximum atomic E-state index is 15.1. The van der Waals surface area contributed by atoms with Gasteiger partial charge in [-0.05, 0) is 136 Å². The van der Waals surface area contributed by atoms with Crippen molar-refractivity contribution >= 4 is 45.6 Å². The lowest BCUT2D eigenvalue weighted by Gasteiger charge is -2.36. The number of pyridine rings is 4. The summed E-state index contributed by atoms with van der Waals surface area (Å²) in [4.78, 5) is 86.5. The van der Waals surface area contributed by atoms with Gasteiger partial charge in [-0.25, -0.2) is 33.1 Å². The molecular weight excluding hydrogens is 1020 g/mol. The quantitative estimate of drug-likeness (QED) is 0.119. The van der Waals surface area contributed by atoms with Gasteiger partial charge >= 0.3 is 17.9 Å². The number of aliphatic carboxylic acids is 1. The molecule has 6 aromatic rings. The number of carboxylic acids is 1. The van der Waals surface area contributed by atoms with Crippen LogP contribution in [0.15, 0.2) is 33.9 Å². The van der Waals surface area contributed by atoms with Gasteiger partial charge in [0.25, 0.3) is 17.0 Å². The van der Waals surface area contributed by atoms with Gasteiger partial charge in [-0.3, -0.25) is 14.4 Å². The highest BCUT2D eigenvalue weighted by Crippen LogP contribution is 2.51. The number of carbonyl (C=O) groups is 4. The molecule has 8 aliphatic rings. The van der Waals surface area contributed by atoms with Crippen molar-refractivity contribution in [3.05, 3.63) is 123 Å². The molecule has 18 nitrogen and oxygen atoms in total. The van der Waals surface area contributed by atoms with Crippen molar-refractivity contribution in [2.75, 3.05) is 7.05 Å². The standard InChI is InChI=1S/C29H28FN3O6.C26H25FN2O4.C4H6O3/c1-4-29(38)17-9-21-24-15(11-33(21)25(34)16(17)12-39-27(29)36)23-20(32(3)26(35)28(37)7-8-28)6-5-14-13(2)18(30)10-19(31-24)22(14)23;1-4-13-6-7-14-12(3)18(27)9-19-22(14)21(13)15-10-29-20(23(15)28-19)8-17-16(24(29)30)11-33-25(31)26(17,32)5-2;5-3(6)4(7)1-2-4/h9-10,20,37-38H,4-8,11-12H2,1-3H3;8-9,13,32H,4-7,10-11H2,1-3H3;7H,1-2H2,(H,5,6)/t20-,29-;13-,26-;/m00./s1. The van der Waals surface area contributed by atoms with E-state index in [9.17, 15) is 48.5 Å². The van der Waals surface area contributed by atoms with Crippen LogP contribution in [0, 0.1) is 25.5 Å². The second kappa shape index (κ2) is 17.9. The van der Waals surface area contributed by atoms with Crippen LogP contribution in [0.4, 0.5) is 8.78 Å². The Kier molecular flexibility index (Phi) is 11.9. The average Bonchev–Trinajstić information content (AvgIpc) is 4.38. The van der Waals surface area contributed by atoms with Crippen molar-refractivity contribution in [1.29, 1.82) is 0 Å². The van der Waals surface area contributed by atoms with Gasteiger partial charge in [0.1, 0.15) is 30.4 Å². The summed E-state index contributed by atoms with van der Waals surface area (Å²) in [5.74, 6) is -3.33. The predicted molar refractivity (Wildman–Crippen MR) is 280 cm³/mol. The fraction of sp³-hybridized carbons (Fsp3) is 0.458. The Labute approximate surface area is 450 Å². The molecule has 4 aromatic heterocycles. The summed E-state index contributed by atoms with van der Waals surface area (Å²) in [5, 5.41) is 51.3. The Morgan fingerprint density at radius 2 is 1.10 bits per heavy atom. The van der Waals surface area contributed by atoms with Gasteiger partial charge in [0.15, 0.2) is 16.8 Å². The van der Waals surface area contributed by atoms with E-state index in [2.05, 4.69) is 6.92 Å². The zero-order valence-electron chi connectivity index (χ0n) is 44.6. The molecule has 2 fully saturated rings. The lowest BCUT2D eigenvalue weighted by Crippen LogP contribution is -2.44. The van der Waals surface area contributed by atoms with E-state index in [4.69, 9.17) is 29.7 Å². The number of carbonyl (C=O) groups excluding carboxylic acids is 3. The molecule has 0 spiro atoms. The largest absolute Gasteiger partial charge is 0.479 e. The normalized spacial score (nSPS) is 23.3. The molecule has 0 unspecified atom stereocenters. The number of likely N-dealkylation sites (N-methyl/N-ethyl adjacent to an activating group) is 1. The summed E-state index contributed by atoms with van der Waals surface area (Å²) in [6, 6.07) is 5.82. The van der Waals surface area contributed by atoms with Crippen molar-refractivity contribution < 1.29 is 63.0 Å². The van der Waals surface area contributed by atoms with Gasteiger partial charge in [0.2, 0.25) is 0 Å². The van der Waals surface area contributed by atoms with Crippen LogP contribution in [-0.2, 0) is 79.0 Å². The summed E-state index contributed by atoms with van der Waals surface area (Å²) in [6.07, 6.45) is 5.55. The fourth-order valence-electron chi connectivity index (χ4n) is 13.1. The van der Waals surface area contributed by atoms with Crippen molar-refractivity contribution in [2.45, 2.75) is 166 Å². The lowest BCUT2D eigenvalue weighted by atomic mass is 9.77. The predicted octanol–water partition coefficient (Wildman–Crippen LogP) is 6.06. The number of amides is 1. The van der Waals surface area contributed by atoms with Gasteiger partial charge in [0.05, 0.1) is 64.1 Å². The van der Waals surface area contributed by atoms with E-state index >= 15 is 4.39 Å². The van der Waals surface area contributed by atoms with E-state index in [1.54, 1.807) is 54.0 Å². The number of cyclic esters (lactones) is 2. The molecule has 0 saturated heterocycles. The van der Waals surface area contributed by atoms with Gasteiger partial charge in [-0.1, -0.05) is 20.8 Å². The molecule has 0 radical (unpaired) electrons. The first-order valence-corrected chi connectivity index (χ1v) is 27.0. The van der Waals surface area contributed by atoms with Crippen LogP contribution >= 0.6 is 0 Å². The third-order valence-electron chi connectivity index (χ3n) is 18.4. The Hall–Kier alpha value is -7.26. The Bertz CT molecular complexity index is 3920. The maximum Gasteiger partial charge on any atom is 0.343 e. The molecule has 4 aliphatic carbocycles. The number of nitrogens with zero attached hydrogens (tertiary/aromatic N) is 5. The number of fused-ring (bicyclic) bond motifs is 10. The second-order valence-electron chi connectivity index (χ2n) is 22.6. The summed E-state index contributed by atoms with van der Waals surface area (Å²) < 4.78 is 43.4. The number of aryl methyl sites for hydroxylation is 2. The van der Waals surface area contributed by atoms with E-state index < -0.39 is 46.4 Å². The zero-order chi connectivity index (χ0) is 56.3. The van der Waals surface area contributed by atoms with E-state index in [1.807, 2.05) is 6.92 Å². The number of esters is 2. The Morgan fingerprint density at radius 1 is 0.658 bits per heavy atom. The van der Waals surface area contributed by atoms with Crippen LogP contribution in [0.3, 0.4) is 0 Å². The van der Waals surface area contributed by atoms with E-state index in [0.717, 1.165) is 57.9 Å². The van der Waals surface area contributed by atoms with Crippen molar-refractivity contribution in [3.8, 4) is 22.8 Å². The fourth-order valence-corrected chi connectivity index (χ4v) is 13.1. The first kappa shape index (κ1) is 52.4. The number of aromatic nitrogens is 4. The van der Waals surface area contributed by atoms with E-state index in [0.29, 0.717) is 107 Å². The highest BCUT2D eigenvalue weighted by molar-refractivity contribution is 5.96. The molecule has 1 amide bonds. The highest BCUT2D eigenvalue weighted by atomic mass is 19.1. The van der Waals surface area contributed by atoms with Crippen LogP contribution in [0.5, 0.6) is 0 Å². The van der Waals surface area contributed by atoms with E-state index in [-0.39, 0.29) is 72.4 Å². The summed E-state index contributed by atoms with van der Waals surface area (Å²) >= 11 is 0. The summed E-state index contributed by atoms with van der Waals surface area (Å²) in [5.41, 5.74) is 3.74. The molecule has 79 heavy (non-hydrogen) atoms. The van der Waals surface area contributed by atoms with Crippen LogP contribution < -0.4 is 11.1 Å². The van der Waals surface area contributed by atoms with Crippen LogP contribution in [-0.4, -0.2) is 91.6 Å². The molecule has 2 saturated carbocycles. The third-order valence-corrected chi connectivity index (χ3v) is 18.4. The number of hydrogen-bond donors (Lipinski definition) is 5. The van der Waals surface area contributed by atoms with Gasteiger partial charge in [-0.2, -0.15) is 0 Å². The lowest BCUT2D eigenvalue weighted by molar-refractivity contribution is -0.172. The Morgan fingerprint density at radius 3 is 1.52 bits per heavy atom. The van der Waals surface area contributed by atoms with Gasteiger partial charge in [0, 0.05) is 52.2 Å². The average molecular weight is 1080 g/mol.